The van der Waals surface area contributed by atoms with E-state index in [1.165, 1.54) is 12.8 Å². The Kier molecular flexibility index (Phi) is 5.64. The van der Waals surface area contributed by atoms with Crippen molar-refractivity contribution in [3.8, 4) is 22.8 Å². The van der Waals surface area contributed by atoms with E-state index in [-0.39, 0.29) is 5.91 Å². The van der Waals surface area contributed by atoms with Gasteiger partial charge in [0.05, 0.1) is 24.1 Å². The molecule has 1 aliphatic rings. The number of aromatic nitrogens is 4. The zero-order valence-corrected chi connectivity index (χ0v) is 18.6. The van der Waals surface area contributed by atoms with E-state index in [0.29, 0.717) is 34.4 Å². The van der Waals surface area contributed by atoms with Crippen LogP contribution in [0.2, 0.25) is 0 Å². The molecular weight excluding hydrogens is 418 g/mol. The maximum absolute atomic E-state index is 12.8. The molecule has 1 amide bonds. The molecule has 1 aliphatic carbocycles. The molecule has 5 rings (SSSR count). The van der Waals surface area contributed by atoms with Gasteiger partial charge < -0.3 is 14.6 Å². The minimum Gasteiger partial charge on any atom is -0.497 e. The van der Waals surface area contributed by atoms with Crippen molar-refractivity contribution in [3.63, 3.8) is 0 Å². The third-order valence-corrected chi connectivity index (χ3v) is 6.01. The molecule has 1 saturated carbocycles. The zero-order chi connectivity index (χ0) is 22.8. The minimum atomic E-state index is -0.227. The Balaban J connectivity index is 1.32. The number of nitrogens with zero attached hydrogens (tertiary/aromatic N) is 4. The van der Waals surface area contributed by atoms with Crippen LogP contribution < -0.4 is 10.1 Å². The molecule has 2 aromatic carbocycles. The summed E-state index contributed by atoms with van der Waals surface area (Å²) < 4.78 is 12.4. The highest BCUT2D eigenvalue weighted by Gasteiger charge is 2.23. The Morgan fingerprint density at radius 2 is 1.94 bits per heavy atom. The summed E-state index contributed by atoms with van der Waals surface area (Å²) in [4.78, 5) is 17.4. The molecule has 8 heteroatoms. The van der Waals surface area contributed by atoms with Crippen molar-refractivity contribution in [2.45, 2.75) is 38.5 Å². The number of rotatable bonds is 6. The van der Waals surface area contributed by atoms with Gasteiger partial charge in [-0.1, -0.05) is 24.1 Å². The lowest BCUT2D eigenvalue weighted by Gasteiger charge is -2.06. The second-order valence-corrected chi connectivity index (χ2v) is 8.24. The lowest BCUT2D eigenvalue weighted by molar-refractivity contribution is 0.102. The second-order valence-electron chi connectivity index (χ2n) is 8.24. The molecule has 0 spiro atoms. The van der Waals surface area contributed by atoms with Gasteiger partial charge in [-0.15, -0.1) is 0 Å². The molecule has 0 aliphatic heterocycles. The number of carbonyl (C=O) groups excluding carboxylic acids is 1. The van der Waals surface area contributed by atoms with Gasteiger partial charge in [0.2, 0.25) is 11.7 Å². The monoisotopic (exact) mass is 443 g/mol. The van der Waals surface area contributed by atoms with E-state index in [9.17, 15) is 4.79 Å². The van der Waals surface area contributed by atoms with Crippen molar-refractivity contribution >= 4 is 11.6 Å². The lowest BCUT2D eigenvalue weighted by Crippen LogP contribution is -2.12. The van der Waals surface area contributed by atoms with Crippen molar-refractivity contribution < 1.29 is 14.1 Å². The normalized spacial score (nSPS) is 13.9. The molecule has 8 nitrogen and oxygen atoms in total. The van der Waals surface area contributed by atoms with E-state index in [1.54, 1.807) is 24.1 Å². The summed E-state index contributed by atoms with van der Waals surface area (Å²) in [6.07, 6.45) is 6.41. The number of ether oxygens (including phenoxy) is 1. The summed E-state index contributed by atoms with van der Waals surface area (Å²) in [5.74, 6) is 2.17. The number of carbonyl (C=O) groups is 1. The Labute approximate surface area is 191 Å². The average molecular weight is 444 g/mol. The van der Waals surface area contributed by atoms with Gasteiger partial charge in [0, 0.05) is 29.4 Å². The highest BCUT2D eigenvalue weighted by atomic mass is 16.5. The van der Waals surface area contributed by atoms with Gasteiger partial charge in [-0.25, -0.2) is 4.68 Å². The number of aryl methyl sites for hydroxylation is 1. The zero-order valence-electron chi connectivity index (χ0n) is 18.6. The van der Waals surface area contributed by atoms with Crippen LogP contribution in [0.25, 0.3) is 17.1 Å². The summed E-state index contributed by atoms with van der Waals surface area (Å²) in [5.41, 5.74) is 3.52. The van der Waals surface area contributed by atoms with Crippen LogP contribution in [0.3, 0.4) is 0 Å². The highest BCUT2D eigenvalue weighted by Crippen LogP contribution is 2.34. The fourth-order valence-electron chi connectivity index (χ4n) is 4.17. The van der Waals surface area contributed by atoms with Crippen LogP contribution in [0.15, 0.2) is 59.3 Å². The van der Waals surface area contributed by atoms with E-state index in [1.807, 2.05) is 49.4 Å². The van der Waals surface area contributed by atoms with Crippen molar-refractivity contribution in [2.24, 2.45) is 0 Å². The van der Waals surface area contributed by atoms with Crippen LogP contribution in [-0.2, 0) is 0 Å². The van der Waals surface area contributed by atoms with Crippen LogP contribution in [0, 0.1) is 6.92 Å². The Morgan fingerprint density at radius 3 is 2.70 bits per heavy atom. The van der Waals surface area contributed by atoms with Crippen LogP contribution in [0.5, 0.6) is 5.75 Å². The first-order valence-corrected chi connectivity index (χ1v) is 11.1. The summed E-state index contributed by atoms with van der Waals surface area (Å²) in [6, 6.07) is 15.0. The van der Waals surface area contributed by atoms with Crippen molar-refractivity contribution in [3.05, 3.63) is 71.9 Å². The topological polar surface area (TPSA) is 95.1 Å². The average Bonchev–Trinajstić information content (AvgIpc) is 3.60. The van der Waals surface area contributed by atoms with Crippen molar-refractivity contribution in [1.82, 2.24) is 19.9 Å². The second kappa shape index (κ2) is 8.90. The van der Waals surface area contributed by atoms with Gasteiger partial charge in [-0.3, -0.25) is 4.79 Å². The molecule has 0 unspecified atom stereocenters. The molecule has 4 aromatic rings. The quantitative estimate of drug-likeness (QED) is 0.443. The number of anilines is 1. The van der Waals surface area contributed by atoms with E-state index in [0.717, 1.165) is 30.0 Å². The first-order chi connectivity index (χ1) is 16.1. The first kappa shape index (κ1) is 20.9. The number of amides is 1. The van der Waals surface area contributed by atoms with Gasteiger partial charge in [0.25, 0.3) is 5.91 Å². The van der Waals surface area contributed by atoms with Gasteiger partial charge >= 0.3 is 0 Å². The van der Waals surface area contributed by atoms with Crippen molar-refractivity contribution in [2.75, 3.05) is 12.4 Å². The molecule has 0 radical (unpaired) electrons. The van der Waals surface area contributed by atoms with E-state index < -0.39 is 0 Å². The Hall–Kier alpha value is -3.94. The largest absolute Gasteiger partial charge is 0.497 e. The van der Waals surface area contributed by atoms with Crippen LogP contribution in [-0.4, -0.2) is 32.9 Å². The predicted octanol–water partition coefficient (Wildman–Crippen LogP) is 5.15. The highest BCUT2D eigenvalue weighted by molar-refractivity contribution is 6.05. The van der Waals surface area contributed by atoms with E-state index in [2.05, 4.69) is 20.6 Å². The molecule has 1 fully saturated rings. The summed E-state index contributed by atoms with van der Waals surface area (Å²) in [6.45, 7) is 1.81. The maximum Gasteiger partial charge on any atom is 0.259 e. The third-order valence-electron chi connectivity index (χ3n) is 6.01. The summed E-state index contributed by atoms with van der Waals surface area (Å²) in [7, 11) is 1.59. The SMILES string of the molecule is COc1cccc(NC(=O)c2cn(-c3ccc(-c4noc(C5CCCC5)n4)cc3)nc2C)c1. The van der Waals surface area contributed by atoms with Gasteiger partial charge in [0.15, 0.2) is 0 Å². The minimum absolute atomic E-state index is 0.227. The van der Waals surface area contributed by atoms with Crippen molar-refractivity contribution in [1.29, 1.82) is 0 Å². The molecule has 0 saturated heterocycles. The number of benzene rings is 2. The van der Waals surface area contributed by atoms with Gasteiger partial charge in [0.1, 0.15) is 5.75 Å². The molecular formula is C25H25N5O3. The number of hydrogen-bond acceptors (Lipinski definition) is 6. The van der Waals surface area contributed by atoms with Crippen LogP contribution >= 0.6 is 0 Å². The van der Waals surface area contributed by atoms with Crippen LogP contribution in [0.1, 0.15) is 53.5 Å². The molecule has 168 valence electrons. The Morgan fingerprint density at radius 1 is 1.15 bits per heavy atom. The lowest BCUT2D eigenvalue weighted by atomic mass is 10.1. The molecule has 2 aromatic heterocycles. The third kappa shape index (κ3) is 4.37. The molecule has 33 heavy (non-hydrogen) atoms. The smallest absolute Gasteiger partial charge is 0.259 e. The number of nitrogens with one attached hydrogen (secondary N) is 1. The van der Waals surface area contributed by atoms with E-state index >= 15 is 0 Å². The predicted molar refractivity (Wildman–Crippen MR) is 124 cm³/mol. The standard InChI is InChI=1S/C25H25N5O3/c1-16-22(24(31)26-19-8-5-9-21(14-19)32-2)15-30(28-16)20-12-10-17(11-13-20)23-27-25(33-29-23)18-6-3-4-7-18/h5,8-15,18H,3-4,6-7H2,1-2H3,(H,26,31). The van der Waals surface area contributed by atoms with Gasteiger partial charge in [-0.05, 0) is 56.2 Å². The fourth-order valence-corrected chi connectivity index (χ4v) is 4.17. The summed E-state index contributed by atoms with van der Waals surface area (Å²) >= 11 is 0. The first-order valence-electron chi connectivity index (χ1n) is 11.1. The number of hydrogen-bond donors (Lipinski definition) is 1. The molecule has 0 bridgehead atoms. The number of methoxy groups -OCH3 is 1. The fraction of sp³-hybridized carbons (Fsp3) is 0.280. The Bertz CT molecular complexity index is 1270. The van der Waals surface area contributed by atoms with Crippen LogP contribution in [0.4, 0.5) is 5.69 Å². The maximum atomic E-state index is 12.8. The summed E-state index contributed by atoms with van der Waals surface area (Å²) in [5, 5.41) is 11.6. The molecule has 0 atom stereocenters. The molecule has 2 heterocycles. The van der Waals surface area contributed by atoms with Gasteiger partial charge in [-0.2, -0.15) is 10.1 Å². The molecule has 1 N–H and O–H groups in total. The van der Waals surface area contributed by atoms with E-state index in [4.69, 9.17) is 9.26 Å².